The van der Waals surface area contributed by atoms with Gasteiger partial charge in [0.25, 0.3) is 0 Å². The number of hydrogen-bond donors (Lipinski definition) is 0. The molecular formula is C17H25N3O. The minimum atomic E-state index is 0.0353. The first kappa shape index (κ1) is 17.2. The number of nitriles is 1. The molecule has 0 fully saturated rings. The van der Waals surface area contributed by atoms with Crippen LogP contribution < -0.4 is 4.90 Å². The number of Topliss-reactive ketones (excluding diaryl/α,β-unsaturated/α-hetero) is 1. The molecule has 114 valence electrons. The molecule has 21 heavy (non-hydrogen) atoms. The zero-order valence-corrected chi connectivity index (χ0v) is 13.7. The zero-order chi connectivity index (χ0) is 16.0. The summed E-state index contributed by atoms with van der Waals surface area (Å²) in [4.78, 5) is 16.2. The molecule has 0 saturated heterocycles. The van der Waals surface area contributed by atoms with Gasteiger partial charge in [-0.05, 0) is 45.1 Å². The van der Waals surface area contributed by atoms with Crippen molar-refractivity contribution in [2.45, 2.75) is 20.8 Å². The number of anilines is 1. The van der Waals surface area contributed by atoms with E-state index < -0.39 is 0 Å². The monoisotopic (exact) mass is 287 g/mol. The summed E-state index contributed by atoms with van der Waals surface area (Å²) in [5.41, 5.74) is 2.15. The topological polar surface area (TPSA) is 47.3 Å². The van der Waals surface area contributed by atoms with Crippen molar-refractivity contribution in [2.24, 2.45) is 5.92 Å². The maximum absolute atomic E-state index is 11.9. The first-order valence-electron chi connectivity index (χ1n) is 7.30. The van der Waals surface area contributed by atoms with Crippen LogP contribution in [0.3, 0.4) is 0 Å². The van der Waals surface area contributed by atoms with E-state index in [0.29, 0.717) is 17.0 Å². The summed E-state index contributed by atoms with van der Waals surface area (Å²) >= 11 is 0. The molecule has 0 aliphatic rings. The van der Waals surface area contributed by atoms with Gasteiger partial charge in [-0.15, -0.1) is 0 Å². The second kappa shape index (κ2) is 7.80. The Bertz CT molecular complexity index is 529. The van der Waals surface area contributed by atoms with Gasteiger partial charge in [-0.1, -0.05) is 13.8 Å². The van der Waals surface area contributed by atoms with Crippen molar-refractivity contribution >= 4 is 11.5 Å². The van der Waals surface area contributed by atoms with Crippen molar-refractivity contribution in [2.75, 3.05) is 38.6 Å². The third-order valence-corrected chi connectivity index (χ3v) is 3.25. The third-order valence-electron chi connectivity index (χ3n) is 3.25. The van der Waals surface area contributed by atoms with Crippen LogP contribution in [0.4, 0.5) is 5.69 Å². The Morgan fingerprint density at radius 1 is 1.29 bits per heavy atom. The minimum absolute atomic E-state index is 0.0353. The van der Waals surface area contributed by atoms with Gasteiger partial charge in [0.1, 0.15) is 0 Å². The van der Waals surface area contributed by atoms with Gasteiger partial charge in [-0.3, -0.25) is 4.79 Å². The fourth-order valence-corrected chi connectivity index (χ4v) is 2.23. The van der Waals surface area contributed by atoms with E-state index in [2.05, 4.69) is 29.7 Å². The largest absolute Gasteiger partial charge is 0.369 e. The van der Waals surface area contributed by atoms with Crippen molar-refractivity contribution < 1.29 is 4.79 Å². The number of hydrogen-bond acceptors (Lipinski definition) is 4. The fraction of sp³-hybridized carbons (Fsp3) is 0.529. The predicted octanol–water partition coefficient (Wildman–Crippen LogP) is 2.78. The van der Waals surface area contributed by atoms with Gasteiger partial charge in [-0.2, -0.15) is 5.26 Å². The van der Waals surface area contributed by atoms with Crippen molar-refractivity contribution in [1.29, 1.82) is 5.26 Å². The summed E-state index contributed by atoms with van der Waals surface area (Å²) in [6, 6.07) is 7.46. The molecule has 0 radical (unpaired) electrons. The molecule has 0 aliphatic heterocycles. The Morgan fingerprint density at radius 2 is 1.95 bits per heavy atom. The van der Waals surface area contributed by atoms with Gasteiger partial charge in [0.2, 0.25) is 0 Å². The smallest absolute Gasteiger partial charge is 0.161 e. The van der Waals surface area contributed by atoms with E-state index in [9.17, 15) is 4.79 Å². The van der Waals surface area contributed by atoms with Gasteiger partial charge < -0.3 is 9.80 Å². The van der Waals surface area contributed by atoms with Crippen LogP contribution in [0.2, 0.25) is 0 Å². The van der Waals surface area contributed by atoms with E-state index in [0.717, 1.165) is 25.3 Å². The van der Waals surface area contributed by atoms with E-state index >= 15 is 0 Å². The lowest BCUT2D eigenvalue weighted by atomic mass is 10.0. The Hall–Kier alpha value is -1.86. The highest BCUT2D eigenvalue weighted by atomic mass is 16.1. The number of carbonyl (C=O) groups excluding carboxylic acids is 1. The van der Waals surface area contributed by atoms with Gasteiger partial charge in [-0.25, -0.2) is 0 Å². The Kier molecular flexibility index (Phi) is 6.39. The number of rotatable bonds is 7. The highest BCUT2D eigenvalue weighted by molar-refractivity contribution is 6.00. The zero-order valence-electron chi connectivity index (χ0n) is 13.7. The lowest BCUT2D eigenvalue weighted by Crippen LogP contribution is -2.35. The maximum atomic E-state index is 11.9. The summed E-state index contributed by atoms with van der Waals surface area (Å²) in [6.07, 6.45) is 0. The predicted molar refractivity (Wildman–Crippen MR) is 86.8 cm³/mol. The molecule has 1 aromatic carbocycles. The second-order valence-electron chi connectivity index (χ2n) is 6.04. The van der Waals surface area contributed by atoms with Crippen LogP contribution in [0.15, 0.2) is 18.2 Å². The Balaban J connectivity index is 3.19. The highest BCUT2D eigenvalue weighted by Crippen LogP contribution is 2.24. The number of likely N-dealkylation sites (N-methyl/N-ethyl adjacent to an activating group) is 1. The molecule has 1 aromatic rings. The molecule has 0 unspecified atom stereocenters. The number of benzene rings is 1. The van der Waals surface area contributed by atoms with Crippen LogP contribution in [0, 0.1) is 17.2 Å². The van der Waals surface area contributed by atoms with Crippen molar-refractivity contribution in [3.63, 3.8) is 0 Å². The van der Waals surface area contributed by atoms with Gasteiger partial charge in [0.15, 0.2) is 5.78 Å². The molecule has 0 saturated carbocycles. The standard InChI is InChI=1S/C17H25N3O/c1-13(2)12-20(9-8-19(4)5)17-10-15(11-18)6-7-16(17)14(3)21/h6-7,10,13H,8-9,12H2,1-5H3. The maximum Gasteiger partial charge on any atom is 0.161 e. The Labute approximate surface area is 128 Å². The SMILES string of the molecule is CC(=O)c1ccc(C#N)cc1N(CCN(C)C)CC(C)C. The molecule has 0 atom stereocenters. The average molecular weight is 287 g/mol. The molecule has 0 bridgehead atoms. The van der Waals surface area contributed by atoms with Crippen molar-refractivity contribution in [3.8, 4) is 6.07 Å². The molecule has 0 aliphatic carbocycles. The molecule has 0 amide bonds. The molecule has 0 N–H and O–H groups in total. The number of nitrogens with zero attached hydrogens (tertiary/aromatic N) is 3. The molecule has 0 spiro atoms. The van der Waals surface area contributed by atoms with Crippen molar-refractivity contribution in [3.05, 3.63) is 29.3 Å². The second-order valence-corrected chi connectivity index (χ2v) is 6.04. The van der Waals surface area contributed by atoms with Crippen LogP contribution in [-0.4, -0.2) is 44.4 Å². The highest BCUT2D eigenvalue weighted by Gasteiger charge is 2.16. The van der Waals surface area contributed by atoms with Crippen LogP contribution in [0.25, 0.3) is 0 Å². The molecular weight excluding hydrogens is 262 g/mol. The van der Waals surface area contributed by atoms with Crippen LogP contribution in [0.1, 0.15) is 36.7 Å². The van der Waals surface area contributed by atoms with Crippen LogP contribution >= 0.6 is 0 Å². The van der Waals surface area contributed by atoms with Gasteiger partial charge >= 0.3 is 0 Å². The summed E-state index contributed by atoms with van der Waals surface area (Å²) < 4.78 is 0. The van der Waals surface area contributed by atoms with Gasteiger partial charge in [0.05, 0.1) is 11.6 Å². The Morgan fingerprint density at radius 3 is 2.43 bits per heavy atom. The van der Waals surface area contributed by atoms with E-state index in [1.165, 1.54) is 0 Å². The first-order valence-corrected chi connectivity index (χ1v) is 7.30. The average Bonchev–Trinajstić information content (AvgIpc) is 2.42. The van der Waals surface area contributed by atoms with Crippen LogP contribution in [-0.2, 0) is 0 Å². The summed E-state index contributed by atoms with van der Waals surface area (Å²) in [5.74, 6) is 0.519. The fourth-order valence-electron chi connectivity index (χ4n) is 2.23. The molecule has 4 nitrogen and oxygen atoms in total. The minimum Gasteiger partial charge on any atom is -0.369 e. The van der Waals surface area contributed by atoms with Gasteiger partial charge in [0, 0.05) is 30.9 Å². The molecule has 4 heteroatoms. The summed E-state index contributed by atoms with van der Waals surface area (Å²) in [7, 11) is 4.07. The summed E-state index contributed by atoms with van der Waals surface area (Å²) in [5, 5.41) is 9.11. The first-order chi connectivity index (χ1) is 9.85. The summed E-state index contributed by atoms with van der Waals surface area (Å²) in [6.45, 7) is 8.49. The molecule has 1 rings (SSSR count). The molecule has 0 heterocycles. The van der Waals surface area contributed by atoms with E-state index in [1.807, 2.05) is 20.2 Å². The normalized spacial score (nSPS) is 10.8. The van der Waals surface area contributed by atoms with E-state index in [-0.39, 0.29) is 5.78 Å². The third kappa shape index (κ3) is 5.20. The lowest BCUT2D eigenvalue weighted by molar-refractivity contribution is 0.101. The quantitative estimate of drug-likeness (QED) is 0.724. The number of carbonyl (C=O) groups is 1. The number of ketones is 1. The van der Waals surface area contributed by atoms with Crippen LogP contribution in [0.5, 0.6) is 0 Å². The lowest BCUT2D eigenvalue weighted by Gasteiger charge is -2.29. The van der Waals surface area contributed by atoms with E-state index in [1.54, 1.807) is 19.1 Å². The molecule has 0 aromatic heterocycles. The van der Waals surface area contributed by atoms with Crippen molar-refractivity contribution in [1.82, 2.24) is 4.90 Å². The van der Waals surface area contributed by atoms with E-state index in [4.69, 9.17) is 5.26 Å².